The van der Waals surface area contributed by atoms with Crippen molar-refractivity contribution in [2.24, 2.45) is 0 Å². The smallest absolute Gasteiger partial charge is 0.237 e. The zero-order valence-corrected chi connectivity index (χ0v) is 11.6. The Morgan fingerprint density at radius 2 is 1.56 bits per heavy atom. The molecule has 0 saturated heterocycles. The fourth-order valence-corrected chi connectivity index (χ4v) is 2.32. The van der Waals surface area contributed by atoms with E-state index in [1.807, 2.05) is 0 Å². The molecule has 1 aliphatic rings. The molecule has 104 valence electrons. The van der Waals surface area contributed by atoms with Crippen molar-refractivity contribution in [2.45, 2.75) is 64.1 Å². The second kappa shape index (κ2) is 7.36. The summed E-state index contributed by atoms with van der Waals surface area (Å²) in [6.45, 7) is 3.54. The lowest BCUT2D eigenvalue weighted by atomic mass is 9.95. The number of hydrogen-bond acceptors (Lipinski definition) is 3. The van der Waals surface area contributed by atoms with Crippen LogP contribution in [0.2, 0.25) is 0 Å². The maximum absolute atomic E-state index is 12.0. The van der Waals surface area contributed by atoms with Crippen molar-refractivity contribution in [2.75, 3.05) is 7.05 Å². The highest BCUT2D eigenvalue weighted by molar-refractivity contribution is 5.84. The second-order valence-electron chi connectivity index (χ2n) is 5.07. The normalized spacial score (nSPS) is 19.9. The number of amides is 2. The molecule has 0 aliphatic heterocycles. The van der Waals surface area contributed by atoms with Crippen molar-refractivity contribution in [3.63, 3.8) is 0 Å². The van der Waals surface area contributed by atoms with E-state index in [0.29, 0.717) is 6.04 Å². The summed E-state index contributed by atoms with van der Waals surface area (Å²) in [5, 5.41) is 8.60. The van der Waals surface area contributed by atoms with Gasteiger partial charge in [0.25, 0.3) is 0 Å². The Morgan fingerprint density at radius 3 is 2.11 bits per heavy atom. The molecule has 3 N–H and O–H groups in total. The highest BCUT2D eigenvalue weighted by Crippen LogP contribution is 2.17. The maximum atomic E-state index is 12.0. The molecule has 0 aromatic carbocycles. The van der Waals surface area contributed by atoms with Crippen LogP contribution < -0.4 is 16.0 Å². The molecule has 0 spiro atoms. The van der Waals surface area contributed by atoms with Crippen LogP contribution in [0.1, 0.15) is 46.0 Å². The lowest BCUT2D eigenvalue weighted by Crippen LogP contribution is -2.52. The van der Waals surface area contributed by atoms with E-state index in [-0.39, 0.29) is 23.9 Å². The zero-order chi connectivity index (χ0) is 13.5. The second-order valence-corrected chi connectivity index (χ2v) is 5.07. The van der Waals surface area contributed by atoms with Gasteiger partial charge in [0.1, 0.15) is 0 Å². The first kappa shape index (κ1) is 15.0. The average molecular weight is 255 g/mol. The van der Waals surface area contributed by atoms with Gasteiger partial charge in [0.05, 0.1) is 12.1 Å². The molecule has 1 aliphatic carbocycles. The number of rotatable bonds is 5. The van der Waals surface area contributed by atoms with Crippen LogP contribution >= 0.6 is 0 Å². The zero-order valence-electron chi connectivity index (χ0n) is 11.6. The molecule has 2 amide bonds. The Bertz CT molecular complexity index is 288. The highest BCUT2D eigenvalue weighted by Gasteiger charge is 2.22. The molecule has 1 fully saturated rings. The lowest BCUT2D eigenvalue weighted by molar-refractivity contribution is -0.125. The number of hydrogen-bond donors (Lipinski definition) is 3. The molecule has 5 heteroatoms. The van der Waals surface area contributed by atoms with Crippen molar-refractivity contribution in [3.05, 3.63) is 0 Å². The molecular weight excluding hydrogens is 230 g/mol. The van der Waals surface area contributed by atoms with E-state index in [1.54, 1.807) is 20.9 Å². The van der Waals surface area contributed by atoms with E-state index in [9.17, 15) is 9.59 Å². The van der Waals surface area contributed by atoms with Crippen molar-refractivity contribution >= 4 is 11.8 Å². The predicted molar refractivity (Wildman–Crippen MR) is 71.1 cm³/mol. The van der Waals surface area contributed by atoms with Gasteiger partial charge in [0.15, 0.2) is 0 Å². The number of likely N-dealkylation sites (N-methyl/N-ethyl adjacent to an activating group) is 1. The molecule has 2 unspecified atom stereocenters. The summed E-state index contributed by atoms with van der Waals surface area (Å²) in [6.07, 6.45) is 5.81. The first-order valence-electron chi connectivity index (χ1n) is 6.82. The fourth-order valence-electron chi connectivity index (χ4n) is 2.32. The summed E-state index contributed by atoms with van der Waals surface area (Å²) in [4.78, 5) is 23.3. The van der Waals surface area contributed by atoms with Gasteiger partial charge < -0.3 is 10.6 Å². The number of nitrogens with one attached hydrogen (secondary N) is 3. The Morgan fingerprint density at radius 1 is 1.00 bits per heavy atom. The quantitative estimate of drug-likeness (QED) is 0.672. The van der Waals surface area contributed by atoms with Crippen molar-refractivity contribution in [3.8, 4) is 0 Å². The third-order valence-electron chi connectivity index (χ3n) is 3.48. The minimum atomic E-state index is -0.359. The molecule has 2 atom stereocenters. The first-order valence-corrected chi connectivity index (χ1v) is 6.82. The first-order chi connectivity index (χ1) is 8.54. The van der Waals surface area contributed by atoms with Gasteiger partial charge in [-0.15, -0.1) is 0 Å². The van der Waals surface area contributed by atoms with Gasteiger partial charge in [0.2, 0.25) is 11.8 Å². The largest absolute Gasteiger partial charge is 0.358 e. The van der Waals surface area contributed by atoms with Crippen LogP contribution in [0.15, 0.2) is 0 Å². The lowest BCUT2D eigenvalue weighted by Gasteiger charge is -2.25. The number of carbonyl (C=O) groups excluding carboxylic acids is 2. The van der Waals surface area contributed by atoms with E-state index in [1.165, 1.54) is 19.3 Å². The molecule has 0 aromatic heterocycles. The minimum Gasteiger partial charge on any atom is -0.358 e. The summed E-state index contributed by atoms with van der Waals surface area (Å²) in [7, 11) is 1.59. The maximum Gasteiger partial charge on any atom is 0.237 e. The minimum absolute atomic E-state index is 0.0161. The topological polar surface area (TPSA) is 70.2 Å². The Kier molecular flexibility index (Phi) is 6.12. The van der Waals surface area contributed by atoms with Gasteiger partial charge >= 0.3 is 0 Å². The van der Waals surface area contributed by atoms with Crippen LogP contribution in [0.4, 0.5) is 0 Å². The Labute approximate surface area is 109 Å². The van der Waals surface area contributed by atoms with Gasteiger partial charge in [-0.05, 0) is 26.7 Å². The Hall–Kier alpha value is -1.10. The van der Waals surface area contributed by atoms with E-state index in [2.05, 4.69) is 16.0 Å². The molecule has 18 heavy (non-hydrogen) atoms. The van der Waals surface area contributed by atoms with Gasteiger partial charge in [-0.1, -0.05) is 19.3 Å². The van der Waals surface area contributed by atoms with Gasteiger partial charge in [-0.25, -0.2) is 0 Å². The fraction of sp³-hybridized carbons (Fsp3) is 0.846. The molecular formula is C13H25N3O2. The van der Waals surface area contributed by atoms with Crippen LogP contribution in [0, 0.1) is 0 Å². The van der Waals surface area contributed by atoms with Crippen LogP contribution in [0.5, 0.6) is 0 Å². The van der Waals surface area contributed by atoms with Gasteiger partial charge in [0, 0.05) is 13.1 Å². The van der Waals surface area contributed by atoms with Crippen molar-refractivity contribution in [1.82, 2.24) is 16.0 Å². The van der Waals surface area contributed by atoms with Gasteiger partial charge in [-0.2, -0.15) is 0 Å². The predicted octanol–water partition coefficient (Wildman–Crippen LogP) is 0.548. The van der Waals surface area contributed by atoms with E-state index >= 15 is 0 Å². The molecule has 1 rings (SSSR count). The van der Waals surface area contributed by atoms with E-state index in [0.717, 1.165) is 12.8 Å². The third-order valence-corrected chi connectivity index (χ3v) is 3.48. The van der Waals surface area contributed by atoms with Crippen molar-refractivity contribution < 1.29 is 9.59 Å². The standard InChI is InChI=1S/C13H25N3O2/c1-9(12(17)14-3)15-10(2)13(18)16-11-7-5-4-6-8-11/h9-11,15H,4-8H2,1-3H3,(H,14,17)(H,16,18). The summed E-state index contributed by atoms with van der Waals surface area (Å²) in [6, 6.07) is -0.396. The van der Waals surface area contributed by atoms with Crippen LogP contribution in [-0.4, -0.2) is 37.0 Å². The third kappa shape index (κ3) is 4.64. The molecule has 0 radical (unpaired) electrons. The molecule has 0 bridgehead atoms. The SMILES string of the molecule is CNC(=O)C(C)NC(C)C(=O)NC1CCCCC1. The van der Waals surface area contributed by atoms with E-state index in [4.69, 9.17) is 0 Å². The van der Waals surface area contributed by atoms with Gasteiger partial charge in [-0.3, -0.25) is 14.9 Å². The molecule has 0 heterocycles. The number of carbonyl (C=O) groups is 2. The van der Waals surface area contributed by atoms with Crippen LogP contribution in [0.3, 0.4) is 0 Å². The summed E-state index contributed by atoms with van der Waals surface area (Å²) in [5.41, 5.74) is 0. The monoisotopic (exact) mass is 255 g/mol. The molecule has 0 aromatic rings. The Balaban J connectivity index is 2.33. The van der Waals surface area contributed by atoms with Crippen molar-refractivity contribution in [1.29, 1.82) is 0 Å². The molecule has 5 nitrogen and oxygen atoms in total. The van der Waals surface area contributed by atoms with E-state index < -0.39 is 0 Å². The average Bonchev–Trinajstić information content (AvgIpc) is 2.38. The highest BCUT2D eigenvalue weighted by atomic mass is 16.2. The summed E-state index contributed by atoms with van der Waals surface area (Å²) in [5.74, 6) is -0.120. The van der Waals surface area contributed by atoms with Crippen LogP contribution in [0.25, 0.3) is 0 Å². The summed E-state index contributed by atoms with van der Waals surface area (Å²) < 4.78 is 0. The molecule has 1 saturated carbocycles. The van der Waals surface area contributed by atoms with Crippen LogP contribution in [-0.2, 0) is 9.59 Å². The summed E-state index contributed by atoms with van der Waals surface area (Å²) >= 11 is 0.